The van der Waals surface area contributed by atoms with Gasteiger partial charge in [-0.3, -0.25) is 14.5 Å². The molecule has 3 aliphatic rings. The molecule has 0 bridgehead atoms. The lowest BCUT2D eigenvalue weighted by molar-refractivity contribution is -0.134. The molecule has 42 heavy (non-hydrogen) atoms. The summed E-state index contributed by atoms with van der Waals surface area (Å²) in [5.41, 5.74) is 3.16. The molecule has 0 radical (unpaired) electrons. The number of pyridine rings is 1. The van der Waals surface area contributed by atoms with Gasteiger partial charge in [0.2, 0.25) is 11.8 Å². The van der Waals surface area contributed by atoms with E-state index in [1.54, 1.807) is 11.1 Å². The number of nitrogens with one attached hydrogen (secondary N) is 2. The number of amides is 4. The maximum absolute atomic E-state index is 13.6. The maximum Gasteiger partial charge on any atom is 0.327 e. The van der Waals surface area contributed by atoms with Crippen molar-refractivity contribution in [1.82, 2.24) is 25.4 Å². The molecule has 1 aromatic heterocycles. The normalized spacial score (nSPS) is 21.1. The zero-order valence-corrected chi connectivity index (χ0v) is 24.7. The molecule has 1 fully saturated rings. The lowest BCUT2D eigenvalue weighted by Crippen LogP contribution is -2.54. The Balaban J connectivity index is 1.19. The first kappa shape index (κ1) is 28.0. The molecular formula is C31H34N6O4S. The largest absolute Gasteiger partial charge is 0.457 e. The second-order valence-electron chi connectivity index (χ2n) is 11.1. The molecule has 10 nitrogen and oxygen atoms in total. The Morgan fingerprint density at radius 1 is 1.12 bits per heavy atom. The highest BCUT2D eigenvalue weighted by molar-refractivity contribution is 8.01. The number of benzene rings is 2. The van der Waals surface area contributed by atoms with Gasteiger partial charge in [-0.25, -0.2) is 9.78 Å². The highest BCUT2D eigenvalue weighted by atomic mass is 32.2. The number of carbonyl (C=O) groups excluding carboxylic acids is 3. The summed E-state index contributed by atoms with van der Waals surface area (Å²) in [6, 6.07) is 16.1. The number of ether oxygens (including phenoxy) is 1. The highest BCUT2D eigenvalue weighted by Crippen LogP contribution is 2.51. The van der Waals surface area contributed by atoms with Crippen molar-refractivity contribution < 1.29 is 19.1 Å². The third-order valence-electron chi connectivity index (χ3n) is 7.72. The van der Waals surface area contributed by atoms with Crippen molar-refractivity contribution in [1.29, 1.82) is 0 Å². The Hall–Kier alpha value is -4.09. The minimum atomic E-state index is -0.560. The molecule has 1 saturated heterocycles. The van der Waals surface area contributed by atoms with Crippen molar-refractivity contribution in [3.63, 3.8) is 0 Å². The number of aromatic nitrogens is 1. The number of rotatable bonds is 7. The molecule has 0 saturated carbocycles. The van der Waals surface area contributed by atoms with E-state index >= 15 is 0 Å². The molecule has 0 aliphatic carbocycles. The molecule has 3 aliphatic heterocycles. The first-order valence-corrected chi connectivity index (χ1v) is 15.0. The van der Waals surface area contributed by atoms with Gasteiger partial charge in [0.1, 0.15) is 21.8 Å². The quantitative estimate of drug-likeness (QED) is 0.427. The summed E-state index contributed by atoms with van der Waals surface area (Å²) >= 11 is 1.37. The summed E-state index contributed by atoms with van der Waals surface area (Å²) < 4.78 is 5.98. The van der Waals surface area contributed by atoms with Crippen molar-refractivity contribution in [3.8, 4) is 11.5 Å². The molecule has 3 aromatic rings. The fourth-order valence-electron chi connectivity index (χ4n) is 5.81. The molecule has 2 aromatic carbocycles. The van der Waals surface area contributed by atoms with Crippen LogP contribution in [0.1, 0.15) is 30.0 Å². The second-order valence-corrected chi connectivity index (χ2v) is 12.3. The first-order chi connectivity index (χ1) is 20.3. The van der Waals surface area contributed by atoms with Gasteiger partial charge in [0.05, 0.1) is 24.0 Å². The molecule has 218 valence electrons. The molecule has 4 amide bonds. The van der Waals surface area contributed by atoms with E-state index in [2.05, 4.69) is 15.6 Å². The van der Waals surface area contributed by atoms with Gasteiger partial charge < -0.3 is 25.2 Å². The minimum absolute atomic E-state index is 0.0602. The zero-order valence-electron chi connectivity index (χ0n) is 23.9. The van der Waals surface area contributed by atoms with Crippen LogP contribution in [0.15, 0.2) is 65.8 Å². The molecule has 11 heteroatoms. The third-order valence-corrected chi connectivity index (χ3v) is 9.01. The zero-order chi connectivity index (χ0) is 29.4. The monoisotopic (exact) mass is 586 g/mol. The lowest BCUT2D eigenvalue weighted by atomic mass is 9.98. The van der Waals surface area contributed by atoms with E-state index < -0.39 is 11.3 Å². The summed E-state index contributed by atoms with van der Waals surface area (Å²) in [7, 11) is 3.74. The summed E-state index contributed by atoms with van der Waals surface area (Å²) in [6.07, 6.45) is 3.32. The second kappa shape index (κ2) is 11.7. The topological polar surface area (TPSA) is 107 Å². The minimum Gasteiger partial charge on any atom is -0.457 e. The van der Waals surface area contributed by atoms with Gasteiger partial charge in [0.25, 0.3) is 0 Å². The van der Waals surface area contributed by atoms with Gasteiger partial charge in [0, 0.05) is 30.9 Å². The van der Waals surface area contributed by atoms with Crippen LogP contribution in [0.25, 0.3) is 0 Å². The van der Waals surface area contributed by atoms with E-state index in [1.807, 2.05) is 85.4 Å². The Bertz CT molecular complexity index is 1520. The maximum atomic E-state index is 13.6. The van der Waals surface area contributed by atoms with Crippen LogP contribution < -0.4 is 20.3 Å². The van der Waals surface area contributed by atoms with Gasteiger partial charge in [-0.05, 0) is 75.8 Å². The number of thioether (sulfide) groups is 1. The molecule has 6 rings (SSSR count). The van der Waals surface area contributed by atoms with E-state index in [0.29, 0.717) is 25.4 Å². The molecular weight excluding hydrogens is 552 g/mol. The van der Waals surface area contributed by atoms with Gasteiger partial charge in [-0.15, -0.1) is 0 Å². The summed E-state index contributed by atoms with van der Waals surface area (Å²) in [6.45, 7) is 3.47. The van der Waals surface area contributed by atoms with E-state index in [4.69, 9.17) is 4.74 Å². The first-order valence-electron chi connectivity index (χ1n) is 14.1. The van der Waals surface area contributed by atoms with Crippen molar-refractivity contribution in [2.24, 2.45) is 0 Å². The van der Waals surface area contributed by atoms with Crippen LogP contribution in [0.5, 0.6) is 11.5 Å². The standard InChI is InChI=1S/C31H34N6O4S/c1-19-16-22(41-21-9-5-4-6-10-21)11-12-23(19)37-24-13-14-32-30-26(24)27(34-31(37)40)28(42-30)29(39)33-20-8-7-15-36(17-20)25(38)18-35(2)3/h4-6,9-14,16,20,27-28H,7-8,15,17-18H2,1-3H3,(H,33,39)(H,34,40)/t20?,27?,28-/m1/s1. The number of hydrogen-bond acceptors (Lipinski definition) is 7. The summed E-state index contributed by atoms with van der Waals surface area (Å²) in [4.78, 5) is 49.7. The molecule has 2 unspecified atom stereocenters. The Morgan fingerprint density at radius 3 is 2.69 bits per heavy atom. The van der Waals surface area contributed by atoms with E-state index in [0.717, 1.165) is 46.1 Å². The molecule has 2 N–H and O–H groups in total. The number of aryl methyl sites for hydroxylation is 1. The summed E-state index contributed by atoms with van der Waals surface area (Å²) in [5.74, 6) is 1.31. The average Bonchev–Trinajstić information content (AvgIpc) is 3.34. The van der Waals surface area contributed by atoms with E-state index in [1.165, 1.54) is 11.8 Å². The van der Waals surface area contributed by atoms with Gasteiger partial charge in [-0.1, -0.05) is 30.0 Å². The highest BCUT2D eigenvalue weighted by Gasteiger charge is 2.47. The number of likely N-dealkylation sites (tertiary alicyclic amines) is 1. The SMILES string of the molecule is Cc1cc(Oc2ccccc2)ccc1N1C(=O)NC2c3c1ccnc3S[C@H]2C(=O)NC1CCCN(C(=O)CN(C)C)C1. The fraction of sp³-hybridized carbons (Fsp3) is 0.355. The van der Waals surface area contributed by atoms with Crippen LogP contribution in [-0.2, 0) is 9.59 Å². The third kappa shape index (κ3) is 5.54. The van der Waals surface area contributed by atoms with Crippen molar-refractivity contribution in [2.75, 3.05) is 38.6 Å². The Morgan fingerprint density at radius 2 is 1.93 bits per heavy atom. The van der Waals surface area contributed by atoms with Crippen LogP contribution in [0, 0.1) is 6.92 Å². The lowest BCUT2D eigenvalue weighted by Gasteiger charge is -2.36. The number of para-hydroxylation sites is 1. The number of anilines is 2. The number of piperidine rings is 1. The van der Waals surface area contributed by atoms with Crippen molar-refractivity contribution in [2.45, 2.75) is 42.1 Å². The molecule has 3 atom stereocenters. The van der Waals surface area contributed by atoms with Gasteiger partial charge in [0.15, 0.2) is 0 Å². The Labute approximate surface area is 249 Å². The Kier molecular flexibility index (Phi) is 7.78. The smallest absolute Gasteiger partial charge is 0.327 e. The number of carbonyl (C=O) groups is 3. The number of urea groups is 1. The van der Waals surface area contributed by atoms with Gasteiger partial charge >= 0.3 is 6.03 Å². The van der Waals surface area contributed by atoms with E-state index in [9.17, 15) is 14.4 Å². The van der Waals surface area contributed by atoms with Crippen LogP contribution >= 0.6 is 11.8 Å². The fourth-order valence-corrected chi connectivity index (χ4v) is 7.04. The van der Waals surface area contributed by atoms with Crippen LogP contribution in [0.2, 0.25) is 0 Å². The average molecular weight is 587 g/mol. The number of hydrogen-bond donors (Lipinski definition) is 2. The van der Waals surface area contributed by atoms with E-state index in [-0.39, 0.29) is 23.9 Å². The number of likely N-dealkylation sites (N-methyl/N-ethyl adjacent to an activating group) is 1. The predicted molar refractivity (Wildman–Crippen MR) is 161 cm³/mol. The van der Waals surface area contributed by atoms with Crippen molar-refractivity contribution in [3.05, 3.63) is 71.9 Å². The van der Waals surface area contributed by atoms with Gasteiger partial charge in [-0.2, -0.15) is 0 Å². The predicted octanol–water partition coefficient (Wildman–Crippen LogP) is 4.23. The number of nitrogens with zero attached hydrogens (tertiary/aromatic N) is 4. The van der Waals surface area contributed by atoms with Crippen LogP contribution in [-0.4, -0.2) is 77.7 Å². The molecule has 0 spiro atoms. The van der Waals surface area contributed by atoms with Crippen LogP contribution in [0.3, 0.4) is 0 Å². The summed E-state index contributed by atoms with van der Waals surface area (Å²) in [5, 5.41) is 6.42. The van der Waals surface area contributed by atoms with Crippen LogP contribution in [0.4, 0.5) is 16.2 Å². The molecule has 4 heterocycles. The van der Waals surface area contributed by atoms with Crippen molar-refractivity contribution >= 4 is 41.0 Å².